The first kappa shape index (κ1) is 35.2. The molecule has 0 amide bonds. The average molecular weight is 700 g/mol. The van der Waals surface area contributed by atoms with Crippen molar-refractivity contribution < 1.29 is 4.42 Å². The Morgan fingerprint density at radius 2 is 0.852 bits per heavy atom. The zero-order valence-corrected chi connectivity index (χ0v) is 30.1. The van der Waals surface area contributed by atoms with E-state index in [0.717, 1.165) is 38.8 Å². The SMILES string of the molecule is Cc1cccc(-c2ccccc2)c1.N=C(N)c1cccc2oc3ccc(-c4ccc(-c5ccc(-c6ccccc6)cc5)cc4)cc3c12.Nc1ccccc1. The lowest BCUT2D eigenvalue weighted by molar-refractivity contribution is 0.669. The van der Waals surface area contributed by atoms with Crippen molar-refractivity contribution in [1.82, 2.24) is 0 Å². The summed E-state index contributed by atoms with van der Waals surface area (Å²) in [5.74, 6) is 0.0429. The highest BCUT2D eigenvalue weighted by Crippen LogP contribution is 2.35. The third-order valence-electron chi connectivity index (χ3n) is 9.25. The zero-order valence-electron chi connectivity index (χ0n) is 30.1. The van der Waals surface area contributed by atoms with Gasteiger partial charge >= 0.3 is 0 Å². The maximum absolute atomic E-state index is 7.95. The van der Waals surface area contributed by atoms with Crippen LogP contribution in [0.4, 0.5) is 5.69 Å². The predicted octanol–water partition coefficient (Wildman–Crippen LogP) is 12.8. The fraction of sp³-hybridized carbons (Fsp3) is 0.0200. The third-order valence-corrected chi connectivity index (χ3v) is 9.25. The van der Waals surface area contributed by atoms with Crippen LogP contribution in [0.15, 0.2) is 205 Å². The van der Waals surface area contributed by atoms with Gasteiger partial charge in [0.1, 0.15) is 17.0 Å². The summed E-state index contributed by atoms with van der Waals surface area (Å²) in [4.78, 5) is 0. The minimum atomic E-state index is 0.0429. The minimum absolute atomic E-state index is 0.0429. The smallest absolute Gasteiger partial charge is 0.136 e. The highest BCUT2D eigenvalue weighted by atomic mass is 16.3. The van der Waals surface area contributed by atoms with Crippen molar-refractivity contribution in [3.05, 3.63) is 211 Å². The van der Waals surface area contributed by atoms with Crippen LogP contribution in [0.3, 0.4) is 0 Å². The Labute approximate surface area is 316 Å². The van der Waals surface area contributed by atoms with Crippen LogP contribution < -0.4 is 11.5 Å². The number of nitrogens with two attached hydrogens (primary N) is 2. The molecule has 0 aliphatic carbocycles. The molecule has 9 rings (SSSR count). The molecule has 0 radical (unpaired) electrons. The van der Waals surface area contributed by atoms with Crippen molar-refractivity contribution in [2.45, 2.75) is 6.92 Å². The molecule has 0 aliphatic heterocycles. The van der Waals surface area contributed by atoms with E-state index in [0.29, 0.717) is 5.56 Å². The number of nitrogens with one attached hydrogen (secondary N) is 1. The lowest BCUT2D eigenvalue weighted by Gasteiger charge is -2.07. The van der Waals surface area contributed by atoms with Crippen molar-refractivity contribution in [1.29, 1.82) is 5.41 Å². The Morgan fingerprint density at radius 1 is 0.426 bits per heavy atom. The van der Waals surface area contributed by atoms with Crippen molar-refractivity contribution in [2.24, 2.45) is 5.73 Å². The van der Waals surface area contributed by atoms with Gasteiger partial charge in [0, 0.05) is 22.0 Å². The van der Waals surface area contributed by atoms with E-state index in [1.807, 2.05) is 66.7 Å². The highest BCUT2D eigenvalue weighted by molar-refractivity contribution is 6.17. The van der Waals surface area contributed by atoms with E-state index in [1.54, 1.807) is 0 Å². The Morgan fingerprint density at radius 3 is 1.35 bits per heavy atom. The number of aryl methyl sites for hydroxylation is 1. The Kier molecular flexibility index (Phi) is 10.7. The normalized spacial score (nSPS) is 10.5. The summed E-state index contributed by atoms with van der Waals surface area (Å²) in [7, 11) is 0. The quantitative estimate of drug-likeness (QED) is 0.0949. The maximum atomic E-state index is 7.95. The molecule has 0 unspecified atom stereocenters. The van der Waals surface area contributed by atoms with E-state index < -0.39 is 0 Å². The van der Waals surface area contributed by atoms with E-state index in [9.17, 15) is 0 Å². The molecule has 54 heavy (non-hydrogen) atoms. The topological polar surface area (TPSA) is 89.0 Å². The molecule has 1 heterocycles. The van der Waals surface area contributed by atoms with Gasteiger partial charge in [0.2, 0.25) is 0 Å². The number of nitrogen functional groups attached to an aromatic ring is 2. The number of furan rings is 1. The van der Waals surface area contributed by atoms with Crippen LogP contribution in [0, 0.1) is 12.3 Å². The number of benzene rings is 8. The summed E-state index contributed by atoms with van der Waals surface area (Å²) in [6.45, 7) is 2.12. The monoisotopic (exact) mass is 699 g/mol. The molecule has 0 bridgehead atoms. The van der Waals surface area contributed by atoms with E-state index in [2.05, 4.69) is 140 Å². The van der Waals surface area contributed by atoms with E-state index in [-0.39, 0.29) is 5.84 Å². The number of anilines is 1. The van der Waals surface area contributed by atoms with Crippen molar-refractivity contribution in [2.75, 3.05) is 5.73 Å². The first-order chi connectivity index (χ1) is 26.4. The molecule has 9 aromatic rings. The van der Waals surface area contributed by atoms with Crippen molar-refractivity contribution >= 4 is 33.5 Å². The molecule has 0 spiro atoms. The lowest BCUT2D eigenvalue weighted by Crippen LogP contribution is -2.11. The number of hydrogen-bond acceptors (Lipinski definition) is 3. The van der Waals surface area contributed by atoms with Crippen LogP contribution in [0.2, 0.25) is 0 Å². The molecule has 5 N–H and O–H groups in total. The Balaban J connectivity index is 0.000000183. The van der Waals surface area contributed by atoms with Crippen LogP contribution in [0.1, 0.15) is 11.1 Å². The van der Waals surface area contributed by atoms with E-state index in [1.165, 1.54) is 38.9 Å². The first-order valence-electron chi connectivity index (χ1n) is 17.9. The van der Waals surface area contributed by atoms with Crippen LogP contribution in [-0.2, 0) is 0 Å². The molecule has 262 valence electrons. The fourth-order valence-corrected chi connectivity index (χ4v) is 6.48. The second-order valence-corrected chi connectivity index (χ2v) is 13.1. The fourth-order valence-electron chi connectivity index (χ4n) is 6.48. The standard InChI is InChI=1S/C31H22N2O.C13H12.C6H7N/c32-31(33)26-7-4-8-29-30(26)27-19-25(17-18-28(27)34-29)24-15-13-23(14-16-24)22-11-9-21(10-12-22)20-5-2-1-3-6-20;1-11-6-5-9-13(10-11)12-7-3-2-4-8-12;7-6-4-2-1-3-5-6/h1-19H,(H3,32,33);2-10H,1H3;1-5H,7H2. The molecule has 0 fully saturated rings. The van der Waals surface area contributed by atoms with E-state index >= 15 is 0 Å². The van der Waals surface area contributed by atoms with Gasteiger partial charge < -0.3 is 15.9 Å². The number of fused-ring (bicyclic) bond motifs is 3. The largest absolute Gasteiger partial charge is 0.456 e. The van der Waals surface area contributed by atoms with Gasteiger partial charge in [-0.1, -0.05) is 175 Å². The van der Waals surface area contributed by atoms with Gasteiger partial charge in [-0.05, 0) is 81.8 Å². The van der Waals surface area contributed by atoms with Gasteiger partial charge in [0.25, 0.3) is 0 Å². The van der Waals surface area contributed by atoms with Gasteiger partial charge in [0.15, 0.2) is 0 Å². The molecular formula is C50H41N3O. The summed E-state index contributed by atoms with van der Waals surface area (Å²) in [6.07, 6.45) is 0. The lowest BCUT2D eigenvalue weighted by atomic mass is 9.97. The van der Waals surface area contributed by atoms with Gasteiger partial charge in [0.05, 0.1) is 0 Å². The second-order valence-electron chi connectivity index (χ2n) is 13.1. The third kappa shape index (κ3) is 8.31. The molecule has 4 nitrogen and oxygen atoms in total. The summed E-state index contributed by atoms with van der Waals surface area (Å²) in [5.41, 5.74) is 25.2. The molecule has 0 aliphatic rings. The van der Waals surface area contributed by atoms with Crippen LogP contribution in [-0.4, -0.2) is 5.84 Å². The Hall–Kier alpha value is -7.17. The number of rotatable bonds is 5. The maximum Gasteiger partial charge on any atom is 0.136 e. The molecule has 4 heteroatoms. The van der Waals surface area contributed by atoms with E-state index in [4.69, 9.17) is 21.3 Å². The minimum Gasteiger partial charge on any atom is -0.456 e. The molecule has 0 saturated carbocycles. The molecule has 0 atom stereocenters. The number of para-hydroxylation sites is 1. The van der Waals surface area contributed by atoms with Gasteiger partial charge in [-0.15, -0.1) is 0 Å². The average Bonchev–Trinajstić information content (AvgIpc) is 3.61. The van der Waals surface area contributed by atoms with Gasteiger partial charge in [-0.25, -0.2) is 0 Å². The Bertz CT molecular complexity index is 2610. The number of amidine groups is 1. The van der Waals surface area contributed by atoms with Crippen LogP contribution >= 0.6 is 0 Å². The summed E-state index contributed by atoms with van der Waals surface area (Å²) < 4.78 is 6.00. The summed E-state index contributed by atoms with van der Waals surface area (Å²) in [5, 5.41) is 9.81. The molecular weight excluding hydrogens is 659 g/mol. The predicted molar refractivity (Wildman–Crippen MR) is 229 cm³/mol. The zero-order chi connectivity index (χ0) is 37.3. The second kappa shape index (κ2) is 16.4. The van der Waals surface area contributed by atoms with Gasteiger partial charge in [-0.3, -0.25) is 5.41 Å². The van der Waals surface area contributed by atoms with Crippen molar-refractivity contribution in [3.8, 4) is 44.5 Å². The molecule has 0 saturated heterocycles. The van der Waals surface area contributed by atoms with Crippen LogP contribution in [0.25, 0.3) is 66.4 Å². The number of hydrogen-bond donors (Lipinski definition) is 3. The van der Waals surface area contributed by atoms with Crippen LogP contribution in [0.5, 0.6) is 0 Å². The highest BCUT2D eigenvalue weighted by Gasteiger charge is 2.14. The molecule has 8 aromatic carbocycles. The van der Waals surface area contributed by atoms with Gasteiger partial charge in [-0.2, -0.15) is 0 Å². The summed E-state index contributed by atoms with van der Waals surface area (Å²) in [6, 6.07) is 68.0. The summed E-state index contributed by atoms with van der Waals surface area (Å²) >= 11 is 0. The first-order valence-corrected chi connectivity index (χ1v) is 17.9. The molecule has 1 aromatic heterocycles. The van der Waals surface area contributed by atoms with Crippen molar-refractivity contribution in [3.63, 3.8) is 0 Å².